The standard InChI is InChI=1S/C19H12ClN3OS/c20-15-4-2-1-3-14(15)19(24)23-18-8-6-13(10-21-18)12-5-7-17-16(9-12)22-11-25-17/h1-11H,(H,21,23,24). The van der Waals surface area contributed by atoms with Gasteiger partial charge in [-0.25, -0.2) is 9.97 Å². The molecular formula is C19H12ClN3OS. The molecule has 0 bridgehead atoms. The summed E-state index contributed by atoms with van der Waals surface area (Å²) in [6, 6.07) is 16.7. The molecule has 6 heteroatoms. The molecule has 0 saturated carbocycles. The highest BCUT2D eigenvalue weighted by atomic mass is 35.5. The van der Waals surface area contributed by atoms with Crippen LogP contribution in [0.25, 0.3) is 21.3 Å². The SMILES string of the molecule is O=C(Nc1ccc(-c2ccc3scnc3c2)cn1)c1ccccc1Cl. The molecule has 2 heterocycles. The van der Waals surface area contributed by atoms with Crippen LogP contribution in [-0.2, 0) is 0 Å². The Kier molecular flexibility index (Phi) is 4.17. The molecular weight excluding hydrogens is 354 g/mol. The molecule has 0 unspecified atom stereocenters. The van der Waals surface area contributed by atoms with Crippen LogP contribution in [0.15, 0.2) is 66.3 Å². The number of hydrogen-bond acceptors (Lipinski definition) is 4. The lowest BCUT2D eigenvalue weighted by Crippen LogP contribution is -2.13. The number of carbonyl (C=O) groups excluding carboxylic acids is 1. The molecule has 0 radical (unpaired) electrons. The van der Waals surface area contributed by atoms with Gasteiger partial charge in [-0.15, -0.1) is 11.3 Å². The maximum Gasteiger partial charge on any atom is 0.258 e. The number of fused-ring (bicyclic) bond motifs is 1. The maximum absolute atomic E-state index is 12.3. The third-order valence-electron chi connectivity index (χ3n) is 3.79. The molecule has 0 aliphatic carbocycles. The number of thiazole rings is 1. The normalized spacial score (nSPS) is 10.8. The van der Waals surface area contributed by atoms with E-state index in [1.54, 1.807) is 47.9 Å². The Labute approximate surface area is 153 Å². The predicted octanol–water partition coefficient (Wildman–Crippen LogP) is 5.26. The Morgan fingerprint density at radius 1 is 1.00 bits per heavy atom. The third-order valence-corrected chi connectivity index (χ3v) is 4.93. The number of nitrogens with zero attached hydrogens (tertiary/aromatic N) is 2. The van der Waals surface area contributed by atoms with Gasteiger partial charge in [0.25, 0.3) is 5.91 Å². The summed E-state index contributed by atoms with van der Waals surface area (Å²) in [6.07, 6.45) is 1.73. The Morgan fingerprint density at radius 3 is 2.64 bits per heavy atom. The lowest BCUT2D eigenvalue weighted by molar-refractivity contribution is 0.102. The molecule has 0 aliphatic heterocycles. The van der Waals surface area contributed by atoms with Gasteiger partial charge in [0.05, 0.1) is 26.3 Å². The molecule has 2 aromatic heterocycles. The van der Waals surface area contributed by atoms with Crippen molar-refractivity contribution in [3.63, 3.8) is 0 Å². The van der Waals surface area contributed by atoms with Gasteiger partial charge >= 0.3 is 0 Å². The molecule has 2 aromatic carbocycles. The average Bonchev–Trinajstić information content (AvgIpc) is 3.10. The number of anilines is 1. The van der Waals surface area contributed by atoms with Gasteiger partial charge in [0.1, 0.15) is 5.82 Å². The van der Waals surface area contributed by atoms with Crippen LogP contribution in [0.4, 0.5) is 5.82 Å². The van der Waals surface area contributed by atoms with E-state index in [0.29, 0.717) is 16.4 Å². The molecule has 1 amide bonds. The van der Waals surface area contributed by atoms with E-state index in [0.717, 1.165) is 21.3 Å². The fraction of sp³-hybridized carbons (Fsp3) is 0. The first-order valence-electron chi connectivity index (χ1n) is 7.56. The van der Waals surface area contributed by atoms with Crippen molar-refractivity contribution in [2.45, 2.75) is 0 Å². The van der Waals surface area contributed by atoms with Crippen LogP contribution >= 0.6 is 22.9 Å². The molecule has 0 spiro atoms. The summed E-state index contributed by atoms with van der Waals surface area (Å²) in [5.74, 6) is 0.193. The highest BCUT2D eigenvalue weighted by molar-refractivity contribution is 7.16. The fourth-order valence-electron chi connectivity index (χ4n) is 2.50. The van der Waals surface area contributed by atoms with Crippen LogP contribution < -0.4 is 5.32 Å². The number of hydrogen-bond donors (Lipinski definition) is 1. The first-order chi connectivity index (χ1) is 12.2. The fourth-order valence-corrected chi connectivity index (χ4v) is 3.39. The van der Waals surface area contributed by atoms with E-state index >= 15 is 0 Å². The second-order valence-corrected chi connectivity index (χ2v) is 6.69. The van der Waals surface area contributed by atoms with Crippen molar-refractivity contribution in [2.24, 2.45) is 0 Å². The molecule has 4 rings (SSSR count). The Hall–Kier alpha value is -2.76. The summed E-state index contributed by atoms with van der Waals surface area (Å²) in [5.41, 5.74) is 5.23. The molecule has 4 aromatic rings. The molecule has 1 N–H and O–H groups in total. The molecule has 25 heavy (non-hydrogen) atoms. The predicted molar refractivity (Wildman–Crippen MR) is 102 cm³/mol. The zero-order valence-corrected chi connectivity index (χ0v) is 14.5. The second-order valence-electron chi connectivity index (χ2n) is 5.40. The minimum atomic E-state index is -0.283. The smallest absolute Gasteiger partial charge is 0.258 e. The molecule has 0 aliphatic rings. The van der Waals surface area contributed by atoms with E-state index in [-0.39, 0.29) is 5.91 Å². The number of aromatic nitrogens is 2. The molecule has 122 valence electrons. The number of carbonyl (C=O) groups is 1. The van der Waals surface area contributed by atoms with E-state index in [4.69, 9.17) is 11.6 Å². The van der Waals surface area contributed by atoms with Gasteiger partial charge in [-0.05, 0) is 42.0 Å². The Balaban J connectivity index is 1.55. The second kappa shape index (κ2) is 6.63. The highest BCUT2D eigenvalue weighted by Gasteiger charge is 2.10. The van der Waals surface area contributed by atoms with Crippen molar-refractivity contribution in [1.82, 2.24) is 9.97 Å². The summed E-state index contributed by atoms with van der Waals surface area (Å²) in [5, 5.41) is 3.17. The zero-order valence-electron chi connectivity index (χ0n) is 12.9. The third kappa shape index (κ3) is 3.24. The van der Waals surface area contributed by atoms with Crippen LogP contribution in [0.3, 0.4) is 0 Å². The van der Waals surface area contributed by atoms with Gasteiger partial charge in [0.2, 0.25) is 0 Å². The van der Waals surface area contributed by atoms with Crippen molar-refractivity contribution in [2.75, 3.05) is 5.32 Å². The first kappa shape index (κ1) is 15.7. The van der Waals surface area contributed by atoms with E-state index in [2.05, 4.69) is 21.4 Å². The van der Waals surface area contributed by atoms with Crippen LogP contribution in [0.2, 0.25) is 5.02 Å². The van der Waals surface area contributed by atoms with E-state index in [1.165, 1.54) is 0 Å². The summed E-state index contributed by atoms with van der Waals surface area (Å²) in [4.78, 5) is 20.9. The maximum atomic E-state index is 12.3. The minimum absolute atomic E-state index is 0.283. The molecule has 0 saturated heterocycles. The van der Waals surface area contributed by atoms with E-state index in [9.17, 15) is 4.79 Å². The monoisotopic (exact) mass is 365 g/mol. The molecule has 4 nitrogen and oxygen atoms in total. The van der Waals surface area contributed by atoms with Crippen molar-refractivity contribution < 1.29 is 4.79 Å². The van der Waals surface area contributed by atoms with Gasteiger partial charge in [-0.1, -0.05) is 29.8 Å². The average molecular weight is 366 g/mol. The summed E-state index contributed by atoms with van der Waals surface area (Å²) in [6.45, 7) is 0. The van der Waals surface area contributed by atoms with Crippen LogP contribution in [0, 0.1) is 0 Å². The van der Waals surface area contributed by atoms with Crippen molar-refractivity contribution in [3.8, 4) is 11.1 Å². The zero-order chi connectivity index (χ0) is 17.2. The number of amides is 1. The summed E-state index contributed by atoms with van der Waals surface area (Å²) < 4.78 is 1.15. The lowest BCUT2D eigenvalue weighted by atomic mass is 10.1. The number of nitrogens with one attached hydrogen (secondary N) is 1. The highest BCUT2D eigenvalue weighted by Crippen LogP contribution is 2.26. The Morgan fingerprint density at radius 2 is 1.84 bits per heavy atom. The molecule has 0 atom stereocenters. The van der Waals surface area contributed by atoms with Gasteiger partial charge in [0.15, 0.2) is 0 Å². The van der Waals surface area contributed by atoms with E-state index < -0.39 is 0 Å². The lowest BCUT2D eigenvalue weighted by Gasteiger charge is -2.07. The van der Waals surface area contributed by atoms with Crippen LogP contribution in [-0.4, -0.2) is 15.9 Å². The van der Waals surface area contributed by atoms with Gasteiger partial charge in [0, 0.05) is 11.8 Å². The largest absolute Gasteiger partial charge is 0.307 e. The first-order valence-corrected chi connectivity index (χ1v) is 8.82. The topological polar surface area (TPSA) is 54.9 Å². The van der Waals surface area contributed by atoms with Crippen LogP contribution in [0.5, 0.6) is 0 Å². The minimum Gasteiger partial charge on any atom is -0.307 e. The number of pyridine rings is 1. The number of rotatable bonds is 3. The summed E-state index contributed by atoms with van der Waals surface area (Å²) in [7, 11) is 0. The Bertz CT molecular complexity index is 1060. The van der Waals surface area contributed by atoms with Gasteiger partial charge in [-0.2, -0.15) is 0 Å². The number of benzene rings is 2. The van der Waals surface area contributed by atoms with Crippen molar-refractivity contribution >= 4 is 44.9 Å². The quantitative estimate of drug-likeness (QED) is 0.538. The summed E-state index contributed by atoms with van der Waals surface area (Å²) >= 11 is 7.66. The van der Waals surface area contributed by atoms with Gasteiger partial charge in [-0.3, -0.25) is 4.79 Å². The van der Waals surface area contributed by atoms with Gasteiger partial charge < -0.3 is 5.32 Å². The number of halogens is 1. The van der Waals surface area contributed by atoms with Crippen molar-refractivity contribution in [3.05, 3.63) is 76.9 Å². The van der Waals surface area contributed by atoms with Crippen molar-refractivity contribution in [1.29, 1.82) is 0 Å². The molecule has 0 fully saturated rings. The van der Waals surface area contributed by atoms with E-state index in [1.807, 2.05) is 23.7 Å². The van der Waals surface area contributed by atoms with Crippen LogP contribution in [0.1, 0.15) is 10.4 Å².